The number of carbonyl (C=O) groups is 1. The van der Waals surface area contributed by atoms with Gasteiger partial charge in [0.15, 0.2) is 0 Å². The largest absolute Gasteiger partial charge is 0.378 e. The van der Waals surface area contributed by atoms with E-state index in [0.29, 0.717) is 18.6 Å². The van der Waals surface area contributed by atoms with Crippen LogP contribution >= 0.6 is 12.4 Å². The molecule has 0 radical (unpaired) electrons. The Hall–Kier alpha value is -0.320. The zero-order chi connectivity index (χ0) is 15.4. The van der Waals surface area contributed by atoms with Crippen molar-refractivity contribution in [2.24, 2.45) is 11.3 Å². The van der Waals surface area contributed by atoms with Crippen molar-refractivity contribution in [1.82, 2.24) is 10.6 Å². The van der Waals surface area contributed by atoms with Crippen molar-refractivity contribution in [3.63, 3.8) is 0 Å². The average Bonchev–Trinajstić information content (AvgIpc) is 3.06. The van der Waals surface area contributed by atoms with Gasteiger partial charge in [-0.1, -0.05) is 12.8 Å². The second-order valence-corrected chi connectivity index (χ2v) is 7.47. The molecular weight excluding hydrogens is 312 g/mol. The van der Waals surface area contributed by atoms with Crippen LogP contribution in [0.5, 0.6) is 0 Å². The summed E-state index contributed by atoms with van der Waals surface area (Å²) in [4.78, 5) is 12.3. The number of rotatable bonds is 6. The van der Waals surface area contributed by atoms with Gasteiger partial charge < -0.3 is 15.4 Å². The predicted molar refractivity (Wildman–Crippen MR) is 94.9 cm³/mol. The van der Waals surface area contributed by atoms with E-state index in [2.05, 4.69) is 17.6 Å². The van der Waals surface area contributed by atoms with Gasteiger partial charge in [0.25, 0.3) is 0 Å². The molecule has 0 aromatic rings. The van der Waals surface area contributed by atoms with Gasteiger partial charge in [-0.2, -0.15) is 0 Å². The molecule has 134 valence electrons. The van der Waals surface area contributed by atoms with Crippen LogP contribution in [0, 0.1) is 11.3 Å². The molecule has 2 atom stereocenters. The van der Waals surface area contributed by atoms with E-state index >= 15 is 0 Å². The molecule has 1 aliphatic heterocycles. The Kier molecular flexibility index (Phi) is 7.18. The second-order valence-electron chi connectivity index (χ2n) is 7.47. The quantitative estimate of drug-likeness (QED) is 0.778. The molecule has 4 nitrogen and oxygen atoms in total. The molecule has 2 N–H and O–H groups in total. The first-order valence-electron chi connectivity index (χ1n) is 9.36. The van der Waals surface area contributed by atoms with Gasteiger partial charge in [-0.25, -0.2) is 0 Å². The highest BCUT2D eigenvalue weighted by atomic mass is 35.5. The first-order valence-corrected chi connectivity index (χ1v) is 9.36. The number of carbonyl (C=O) groups excluding carboxylic acids is 1. The second kappa shape index (κ2) is 8.68. The minimum Gasteiger partial charge on any atom is -0.378 e. The van der Waals surface area contributed by atoms with Crippen molar-refractivity contribution in [2.75, 3.05) is 19.7 Å². The molecule has 0 bridgehead atoms. The number of nitrogens with one attached hydrogen (secondary N) is 2. The first-order chi connectivity index (χ1) is 10.7. The van der Waals surface area contributed by atoms with Crippen molar-refractivity contribution in [3.05, 3.63) is 0 Å². The van der Waals surface area contributed by atoms with Crippen LogP contribution in [0.1, 0.15) is 64.7 Å². The van der Waals surface area contributed by atoms with Crippen LogP contribution in [-0.2, 0) is 9.53 Å². The molecule has 1 spiro atoms. The Morgan fingerprint density at radius 3 is 2.61 bits per heavy atom. The van der Waals surface area contributed by atoms with Gasteiger partial charge in [-0.15, -0.1) is 12.4 Å². The fourth-order valence-corrected chi connectivity index (χ4v) is 4.86. The first kappa shape index (κ1) is 19.0. The number of amides is 1. The minimum absolute atomic E-state index is 0. The monoisotopic (exact) mass is 344 g/mol. The summed E-state index contributed by atoms with van der Waals surface area (Å²) in [6, 6.07) is 0.368. The zero-order valence-electron chi connectivity index (χ0n) is 14.4. The summed E-state index contributed by atoms with van der Waals surface area (Å²) in [5.41, 5.74) is 0.264. The lowest BCUT2D eigenvalue weighted by atomic mass is 9.60. The van der Waals surface area contributed by atoms with Crippen LogP contribution in [-0.4, -0.2) is 37.7 Å². The highest BCUT2D eigenvalue weighted by Gasteiger charge is 2.57. The number of ether oxygens (including phenoxy) is 1. The van der Waals surface area contributed by atoms with Gasteiger partial charge in [-0.05, 0) is 64.5 Å². The van der Waals surface area contributed by atoms with Gasteiger partial charge in [-0.3, -0.25) is 4.79 Å². The molecule has 23 heavy (non-hydrogen) atoms. The molecule has 3 aliphatic rings. The molecule has 5 heteroatoms. The van der Waals surface area contributed by atoms with Crippen molar-refractivity contribution in [1.29, 1.82) is 0 Å². The Bertz CT molecular complexity index is 379. The number of hydrogen-bond donors (Lipinski definition) is 2. The molecule has 2 aliphatic carbocycles. The van der Waals surface area contributed by atoms with Gasteiger partial charge in [0, 0.05) is 24.5 Å². The maximum atomic E-state index is 12.3. The summed E-state index contributed by atoms with van der Waals surface area (Å²) in [5.74, 6) is 1.01. The van der Waals surface area contributed by atoms with E-state index in [9.17, 15) is 4.79 Å². The summed E-state index contributed by atoms with van der Waals surface area (Å²) in [6.07, 6.45) is 10.7. The van der Waals surface area contributed by atoms with Crippen LogP contribution in [0.25, 0.3) is 0 Å². The molecule has 3 rings (SSSR count). The van der Waals surface area contributed by atoms with E-state index in [4.69, 9.17) is 4.74 Å². The van der Waals surface area contributed by atoms with E-state index in [1.807, 2.05) is 0 Å². The third-order valence-corrected chi connectivity index (χ3v) is 6.26. The molecule has 2 saturated carbocycles. The van der Waals surface area contributed by atoms with Gasteiger partial charge >= 0.3 is 0 Å². The number of halogens is 1. The lowest BCUT2D eigenvalue weighted by Gasteiger charge is -2.54. The molecule has 2 unspecified atom stereocenters. The molecule has 1 heterocycles. The van der Waals surface area contributed by atoms with Crippen molar-refractivity contribution in [2.45, 2.75) is 76.9 Å². The zero-order valence-corrected chi connectivity index (χ0v) is 15.3. The third kappa shape index (κ3) is 4.21. The predicted octanol–water partition coefficient (Wildman–Crippen LogP) is 3.04. The van der Waals surface area contributed by atoms with E-state index in [1.165, 1.54) is 38.5 Å². The minimum atomic E-state index is 0. The molecule has 1 saturated heterocycles. The van der Waals surface area contributed by atoms with Crippen LogP contribution in [0.2, 0.25) is 0 Å². The fourth-order valence-electron chi connectivity index (χ4n) is 4.86. The van der Waals surface area contributed by atoms with Crippen LogP contribution in [0.3, 0.4) is 0 Å². The maximum Gasteiger partial charge on any atom is 0.220 e. The lowest BCUT2D eigenvalue weighted by molar-refractivity contribution is -0.144. The highest BCUT2D eigenvalue weighted by molar-refractivity contribution is 5.85. The number of piperidine rings is 1. The summed E-state index contributed by atoms with van der Waals surface area (Å²) in [5, 5.41) is 6.73. The van der Waals surface area contributed by atoms with Gasteiger partial charge in [0.05, 0.1) is 6.10 Å². The van der Waals surface area contributed by atoms with Crippen molar-refractivity contribution >= 4 is 18.3 Å². The van der Waals surface area contributed by atoms with Crippen LogP contribution in [0.4, 0.5) is 0 Å². The molecule has 0 aromatic carbocycles. The fraction of sp³-hybridized carbons (Fsp3) is 0.944. The average molecular weight is 345 g/mol. The molecular formula is C18H33ClN2O2. The molecule has 1 amide bonds. The topological polar surface area (TPSA) is 50.4 Å². The van der Waals surface area contributed by atoms with E-state index < -0.39 is 0 Å². The SMILES string of the molecule is CCOC1CC(NC(=O)CCC2CCNCC2)C12CCCC2.Cl. The van der Waals surface area contributed by atoms with E-state index in [1.54, 1.807) is 0 Å². The smallest absolute Gasteiger partial charge is 0.220 e. The van der Waals surface area contributed by atoms with Gasteiger partial charge in [0.1, 0.15) is 0 Å². The van der Waals surface area contributed by atoms with Crippen LogP contribution in [0.15, 0.2) is 0 Å². The summed E-state index contributed by atoms with van der Waals surface area (Å²) >= 11 is 0. The summed E-state index contributed by atoms with van der Waals surface area (Å²) in [6.45, 7) is 5.11. The van der Waals surface area contributed by atoms with Crippen molar-refractivity contribution in [3.8, 4) is 0 Å². The Balaban J connectivity index is 0.00000192. The normalized spacial score (nSPS) is 29.8. The number of hydrogen-bond acceptors (Lipinski definition) is 3. The maximum absolute atomic E-state index is 12.3. The summed E-state index contributed by atoms with van der Waals surface area (Å²) in [7, 11) is 0. The Morgan fingerprint density at radius 1 is 1.26 bits per heavy atom. The Labute approximate surface area is 146 Å². The summed E-state index contributed by atoms with van der Waals surface area (Å²) < 4.78 is 5.92. The van der Waals surface area contributed by atoms with E-state index in [0.717, 1.165) is 38.5 Å². The standard InChI is InChI=1S/C18H32N2O2.ClH/c1-2-22-16-13-15(18(16)9-3-4-10-18)20-17(21)6-5-14-7-11-19-12-8-14;/h14-16,19H,2-13H2,1H3,(H,20,21);1H. The van der Waals surface area contributed by atoms with Crippen LogP contribution < -0.4 is 10.6 Å². The molecule has 0 aromatic heterocycles. The lowest BCUT2D eigenvalue weighted by Crippen LogP contribution is -2.63. The Morgan fingerprint density at radius 2 is 1.96 bits per heavy atom. The van der Waals surface area contributed by atoms with Crippen molar-refractivity contribution < 1.29 is 9.53 Å². The van der Waals surface area contributed by atoms with E-state index in [-0.39, 0.29) is 23.7 Å². The highest BCUT2D eigenvalue weighted by Crippen LogP contribution is 2.54. The van der Waals surface area contributed by atoms with Gasteiger partial charge in [0.2, 0.25) is 5.91 Å². The molecule has 3 fully saturated rings. The third-order valence-electron chi connectivity index (χ3n) is 6.26.